The smallest absolute Gasteiger partial charge is 0.261 e. The van der Waals surface area contributed by atoms with Crippen LogP contribution >= 0.6 is 0 Å². The number of fused-ring (bicyclic) bond motifs is 1. The summed E-state index contributed by atoms with van der Waals surface area (Å²) in [6.45, 7) is 10.1. The van der Waals surface area contributed by atoms with Crippen molar-refractivity contribution in [3.05, 3.63) is 72.5 Å². The Morgan fingerprint density at radius 2 is 1.52 bits per heavy atom. The summed E-state index contributed by atoms with van der Waals surface area (Å²) in [5.74, 6) is 0. The molecule has 4 rings (SSSR count). The molecule has 2 aliphatic rings. The molecule has 2 aromatic rings. The van der Waals surface area contributed by atoms with Crippen molar-refractivity contribution in [1.29, 1.82) is 0 Å². The van der Waals surface area contributed by atoms with E-state index >= 15 is 0 Å². The molecule has 1 heterocycles. The standard InChI is InChI=1S/C24H30O2Si/c1-23(2,3)27(20-11-7-5-8-12-20,21-13-9-6-10-14-21)26-22-16-15-19-17-25-18-24(19,22)4/h5-14,17,22H,15-16,18H2,1-4H3/t22-,24+/m0/s1. The van der Waals surface area contributed by atoms with Gasteiger partial charge in [0.15, 0.2) is 0 Å². The van der Waals surface area contributed by atoms with E-state index < -0.39 is 8.32 Å². The number of rotatable bonds is 4. The molecule has 1 aliphatic carbocycles. The second-order valence-corrected chi connectivity index (χ2v) is 13.4. The second-order valence-electron chi connectivity index (χ2n) is 9.18. The quantitative estimate of drug-likeness (QED) is 0.721. The van der Waals surface area contributed by atoms with Crippen LogP contribution in [0.3, 0.4) is 0 Å². The molecule has 3 heteroatoms. The maximum absolute atomic E-state index is 7.37. The van der Waals surface area contributed by atoms with Crippen molar-refractivity contribution >= 4 is 18.7 Å². The van der Waals surface area contributed by atoms with E-state index in [4.69, 9.17) is 9.16 Å². The van der Waals surface area contributed by atoms with Gasteiger partial charge in [0.25, 0.3) is 8.32 Å². The van der Waals surface area contributed by atoms with Gasteiger partial charge in [0.05, 0.1) is 24.4 Å². The third-order valence-corrected chi connectivity index (χ3v) is 11.5. The summed E-state index contributed by atoms with van der Waals surface area (Å²) in [4.78, 5) is 0. The normalized spacial score (nSPS) is 25.0. The molecule has 2 atom stereocenters. The second kappa shape index (κ2) is 6.64. The average Bonchev–Trinajstić information content (AvgIpc) is 3.17. The van der Waals surface area contributed by atoms with Crippen LogP contribution < -0.4 is 10.4 Å². The molecule has 1 saturated carbocycles. The van der Waals surface area contributed by atoms with Crippen LogP contribution in [0.5, 0.6) is 0 Å². The van der Waals surface area contributed by atoms with Gasteiger partial charge < -0.3 is 9.16 Å². The molecule has 0 N–H and O–H groups in total. The third-order valence-electron chi connectivity index (χ3n) is 6.46. The van der Waals surface area contributed by atoms with Gasteiger partial charge in [0.1, 0.15) is 0 Å². The first kappa shape index (κ1) is 18.5. The zero-order valence-electron chi connectivity index (χ0n) is 16.9. The number of hydrogen-bond donors (Lipinski definition) is 0. The summed E-state index contributed by atoms with van der Waals surface area (Å²) >= 11 is 0. The maximum atomic E-state index is 7.37. The van der Waals surface area contributed by atoms with Crippen LogP contribution in [0.1, 0.15) is 40.5 Å². The van der Waals surface area contributed by atoms with Crippen LogP contribution in [0.25, 0.3) is 0 Å². The molecular weight excluding hydrogens is 348 g/mol. The highest BCUT2D eigenvalue weighted by Gasteiger charge is 2.56. The van der Waals surface area contributed by atoms with Crippen LogP contribution in [-0.4, -0.2) is 21.0 Å². The fourth-order valence-electron chi connectivity index (χ4n) is 4.89. The zero-order valence-corrected chi connectivity index (χ0v) is 17.9. The third kappa shape index (κ3) is 2.88. The van der Waals surface area contributed by atoms with Gasteiger partial charge in [-0.05, 0) is 40.8 Å². The topological polar surface area (TPSA) is 18.5 Å². The van der Waals surface area contributed by atoms with Crippen LogP contribution in [-0.2, 0) is 9.16 Å². The summed E-state index contributed by atoms with van der Waals surface area (Å²) in [6, 6.07) is 21.9. The van der Waals surface area contributed by atoms with Gasteiger partial charge in [-0.25, -0.2) is 0 Å². The Labute approximate surface area is 164 Å². The average molecular weight is 379 g/mol. The summed E-state index contributed by atoms with van der Waals surface area (Å²) in [6.07, 6.45) is 4.34. The van der Waals surface area contributed by atoms with Crippen molar-refractivity contribution in [2.75, 3.05) is 6.61 Å². The summed E-state index contributed by atoms with van der Waals surface area (Å²) in [5.41, 5.74) is 1.43. The van der Waals surface area contributed by atoms with Gasteiger partial charge in [0, 0.05) is 0 Å². The van der Waals surface area contributed by atoms with E-state index in [9.17, 15) is 0 Å². The van der Waals surface area contributed by atoms with Crippen molar-refractivity contribution in [1.82, 2.24) is 0 Å². The molecule has 27 heavy (non-hydrogen) atoms. The predicted octanol–water partition coefficient (Wildman–Crippen LogP) is 4.65. The Balaban J connectivity index is 1.87. The first-order valence-corrected chi connectivity index (χ1v) is 11.9. The molecule has 0 bridgehead atoms. The van der Waals surface area contributed by atoms with Crippen molar-refractivity contribution in [3.63, 3.8) is 0 Å². The minimum Gasteiger partial charge on any atom is -0.500 e. The lowest BCUT2D eigenvalue weighted by Crippen LogP contribution is -2.68. The molecule has 1 aliphatic heterocycles. The van der Waals surface area contributed by atoms with Gasteiger partial charge >= 0.3 is 0 Å². The number of hydrogen-bond acceptors (Lipinski definition) is 2. The maximum Gasteiger partial charge on any atom is 0.261 e. The van der Waals surface area contributed by atoms with E-state index in [1.54, 1.807) is 0 Å². The monoisotopic (exact) mass is 378 g/mol. The van der Waals surface area contributed by atoms with Crippen LogP contribution in [0.4, 0.5) is 0 Å². The zero-order chi connectivity index (χ0) is 19.1. The minimum atomic E-state index is -2.50. The van der Waals surface area contributed by atoms with Crippen molar-refractivity contribution < 1.29 is 9.16 Å². The van der Waals surface area contributed by atoms with Crippen molar-refractivity contribution in [2.45, 2.75) is 51.7 Å². The Bertz CT molecular complexity index is 783. The molecule has 0 spiro atoms. The highest BCUT2D eigenvalue weighted by atomic mass is 28.4. The van der Waals surface area contributed by atoms with Gasteiger partial charge in [-0.15, -0.1) is 0 Å². The summed E-state index contributed by atoms with van der Waals surface area (Å²) in [7, 11) is -2.50. The van der Waals surface area contributed by atoms with E-state index in [1.165, 1.54) is 15.9 Å². The summed E-state index contributed by atoms with van der Waals surface area (Å²) < 4.78 is 13.1. The Kier molecular flexibility index (Phi) is 4.56. The first-order chi connectivity index (χ1) is 12.9. The highest BCUT2D eigenvalue weighted by molar-refractivity contribution is 6.99. The first-order valence-electron chi connectivity index (χ1n) is 9.98. The SMILES string of the molecule is CC(C)(C)[Si](O[C@H]1CCC2=COC[C@]21C)(c1ccccc1)c1ccccc1. The lowest BCUT2D eigenvalue weighted by atomic mass is 9.85. The lowest BCUT2D eigenvalue weighted by molar-refractivity contribution is 0.0630. The molecule has 0 unspecified atom stereocenters. The Morgan fingerprint density at radius 3 is 2.04 bits per heavy atom. The van der Waals surface area contributed by atoms with E-state index in [1.807, 2.05) is 6.26 Å². The summed E-state index contributed by atoms with van der Waals surface area (Å²) in [5, 5.41) is 2.71. The molecule has 0 radical (unpaired) electrons. The van der Waals surface area contributed by atoms with Gasteiger partial charge in [-0.3, -0.25) is 0 Å². The van der Waals surface area contributed by atoms with E-state index in [0.29, 0.717) is 0 Å². The largest absolute Gasteiger partial charge is 0.500 e. The highest BCUT2D eigenvalue weighted by Crippen LogP contribution is 2.50. The fourth-order valence-corrected chi connectivity index (χ4v) is 9.71. The fraction of sp³-hybridized carbons (Fsp3) is 0.417. The van der Waals surface area contributed by atoms with Crippen LogP contribution in [0.15, 0.2) is 72.5 Å². The van der Waals surface area contributed by atoms with E-state index in [2.05, 4.69) is 88.4 Å². The van der Waals surface area contributed by atoms with Crippen LogP contribution in [0.2, 0.25) is 5.04 Å². The van der Waals surface area contributed by atoms with Crippen molar-refractivity contribution in [2.24, 2.45) is 5.41 Å². The molecular formula is C24H30O2Si. The van der Waals surface area contributed by atoms with Gasteiger partial charge in [0.2, 0.25) is 0 Å². The van der Waals surface area contributed by atoms with E-state index in [-0.39, 0.29) is 16.6 Å². The Morgan fingerprint density at radius 1 is 0.963 bits per heavy atom. The minimum absolute atomic E-state index is 0.00700. The van der Waals surface area contributed by atoms with E-state index in [0.717, 1.165) is 19.4 Å². The molecule has 2 nitrogen and oxygen atoms in total. The Hall–Kier alpha value is -1.84. The van der Waals surface area contributed by atoms with Gasteiger partial charge in [-0.1, -0.05) is 81.4 Å². The molecule has 0 aromatic heterocycles. The molecule has 1 fully saturated rings. The lowest BCUT2D eigenvalue weighted by Gasteiger charge is -2.46. The van der Waals surface area contributed by atoms with Crippen LogP contribution in [0, 0.1) is 5.41 Å². The molecule has 142 valence electrons. The van der Waals surface area contributed by atoms with Gasteiger partial charge in [-0.2, -0.15) is 0 Å². The molecule has 0 amide bonds. The molecule has 2 aromatic carbocycles. The predicted molar refractivity (Wildman–Crippen MR) is 114 cm³/mol. The number of ether oxygens (including phenoxy) is 1. The molecule has 0 saturated heterocycles. The number of benzene rings is 2. The van der Waals surface area contributed by atoms with Crippen molar-refractivity contribution in [3.8, 4) is 0 Å².